The second kappa shape index (κ2) is 10.2. The second-order valence-electron chi connectivity index (χ2n) is 5.48. The van der Waals surface area contributed by atoms with Crippen LogP contribution >= 0.6 is 0 Å². The summed E-state index contributed by atoms with van der Waals surface area (Å²) >= 11 is 0. The lowest BCUT2D eigenvalue weighted by molar-refractivity contribution is -0.128. The van der Waals surface area contributed by atoms with Gasteiger partial charge in [-0.25, -0.2) is 0 Å². The zero-order valence-electron chi connectivity index (χ0n) is 15.4. The predicted octanol–water partition coefficient (Wildman–Crippen LogP) is 3.06. The molecule has 140 valence electrons. The molecule has 2 aromatic carbocycles. The number of benzene rings is 2. The zero-order chi connectivity index (χ0) is 18.8. The topological polar surface area (TPSA) is 66.0 Å². The standard InChI is InChI=1S/C20H25NO5/c1-4-17(26-19-8-6-5-7-18(19)24-3)20(22)21-13-14-25-16-11-9-15(23-2)10-12-16/h5-12,17H,4,13-14H2,1-3H3,(H,21,22). The van der Waals surface area contributed by atoms with Crippen molar-refractivity contribution >= 4 is 5.91 Å². The minimum absolute atomic E-state index is 0.184. The Hall–Kier alpha value is -2.89. The fraction of sp³-hybridized carbons (Fsp3) is 0.350. The van der Waals surface area contributed by atoms with E-state index in [2.05, 4.69) is 5.32 Å². The SMILES string of the molecule is CCC(Oc1ccccc1OC)C(=O)NCCOc1ccc(OC)cc1. The van der Waals surface area contributed by atoms with Gasteiger partial charge in [0.25, 0.3) is 5.91 Å². The highest BCUT2D eigenvalue weighted by Crippen LogP contribution is 2.27. The Morgan fingerprint density at radius 3 is 2.23 bits per heavy atom. The summed E-state index contributed by atoms with van der Waals surface area (Å²) in [6.45, 7) is 2.65. The molecule has 0 aliphatic rings. The first-order chi connectivity index (χ1) is 12.7. The van der Waals surface area contributed by atoms with Crippen LogP contribution in [0.5, 0.6) is 23.0 Å². The Morgan fingerprint density at radius 2 is 1.62 bits per heavy atom. The highest BCUT2D eigenvalue weighted by Gasteiger charge is 2.19. The summed E-state index contributed by atoms with van der Waals surface area (Å²) in [6.07, 6.45) is -0.0456. The van der Waals surface area contributed by atoms with Crippen LogP contribution in [0.2, 0.25) is 0 Å². The van der Waals surface area contributed by atoms with E-state index in [9.17, 15) is 4.79 Å². The number of ether oxygens (including phenoxy) is 4. The number of amides is 1. The molecule has 0 radical (unpaired) electrons. The summed E-state index contributed by atoms with van der Waals surface area (Å²) in [5.41, 5.74) is 0. The van der Waals surface area contributed by atoms with Gasteiger partial charge in [-0.2, -0.15) is 0 Å². The molecule has 26 heavy (non-hydrogen) atoms. The molecule has 2 rings (SSSR count). The van der Waals surface area contributed by atoms with Gasteiger partial charge in [0.2, 0.25) is 0 Å². The van der Waals surface area contributed by atoms with Gasteiger partial charge < -0.3 is 24.3 Å². The van der Waals surface area contributed by atoms with E-state index in [1.807, 2.05) is 43.3 Å². The molecule has 2 aromatic rings. The van der Waals surface area contributed by atoms with Gasteiger partial charge in [0.1, 0.15) is 18.1 Å². The minimum Gasteiger partial charge on any atom is -0.497 e. The summed E-state index contributed by atoms with van der Waals surface area (Å²) in [7, 11) is 3.18. The largest absolute Gasteiger partial charge is 0.497 e. The Balaban J connectivity index is 1.79. The molecular formula is C20H25NO5. The van der Waals surface area contributed by atoms with Crippen molar-refractivity contribution in [3.05, 3.63) is 48.5 Å². The zero-order valence-corrected chi connectivity index (χ0v) is 15.4. The first-order valence-corrected chi connectivity index (χ1v) is 8.52. The van der Waals surface area contributed by atoms with E-state index >= 15 is 0 Å². The number of nitrogens with one attached hydrogen (secondary N) is 1. The van der Waals surface area contributed by atoms with Crippen molar-refractivity contribution < 1.29 is 23.7 Å². The van der Waals surface area contributed by atoms with E-state index in [0.717, 1.165) is 11.5 Å². The van der Waals surface area contributed by atoms with Gasteiger partial charge in [-0.1, -0.05) is 19.1 Å². The van der Waals surface area contributed by atoms with Gasteiger partial charge in [-0.15, -0.1) is 0 Å². The lowest BCUT2D eigenvalue weighted by Gasteiger charge is -2.19. The molecule has 0 fully saturated rings. The molecule has 0 saturated heterocycles. The van der Waals surface area contributed by atoms with Gasteiger partial charge in [-0.3, -0.25) is 4.79 Å². The molecule has 1 unspecified atom stereocenters. The highest BCUT2D eigenvalue weighted by molar-refractivity contribution is 5.81. The third kappa shape index (κ3) is 5.58. The molecule has 0 aliphatic carbocycles. The van der Waals surface area contributed by atoms with Crippen LogP contribution in [-0.2, 0) is 4.79 Å². The summed E-state index contributed by atoms with van der Waals surface area (Å²) in [5, 5.41) is 2.83. The first kappa shape index (κ1) is 19.4. The van der Waals surface area contributed by atoms with Crippen LogP contribution in [0, 0.1) is 0 Å². The average molecular weight is 359 g/mol. The normalized spacial score (nSPS) is 11.3. The lowest BCUT2D eigenvalue weighted by Crippen LogP contribution is -2.39. The molecule has 1 amide bonds. The molecule has 6 nitrogen and oxygen atoms in total. The molecule has 1 atom stereocenters. The van der Waals surface area contributed by atoms with Crippen LogP contribution in [0.25, 0.3) is 0 Å². The lowest BCUT2D eigenvalue weighted by atomic mass is 10.2. The molecule has 0 aliphatic heterocycles. The molecular weight excluding hydrogens is 334 g/mol. The molecule has 0 saturated carbocycles. The fourth-order valence-electron chi connectivity index (χ4n) is 2.32. The van der Waals surface area contributed by atoms with Crippen molar-refractivity contribution in [2.45, 2.75) is 19.4 Å². The predicted molar refractivity (Wildman–Crippen MR) is 99.2 cm³/mol. The number of carbonyl (C=O) groups is 1. The van der Waals surface area contributed by atoms with Crippen LogP contribution in [0.3, 0.4) is 0 Å². The maximum Gasteiger partial charge on any atom is 0.261 e. The van der Waals surface area contributed by atoms with E-state index in [0.29, 0.717) is 31.1 Å². The van der Waals surface area contributed by atoms with Crippen LogP contribution in [0.4, 0.5) is 0 Å². The van der Waals surface area contributed by atoms with E-state index in [1.54, 1.807) is 26.4 Å². The van der Waals surface area contributed by atoms with Gasteiger partial charge in [0, 0.05) is 0 Å². The molecule has 0 heterocycles. The monoisotopic (exact) mass is 359 g/mol. The Kier molecular flexibility index (Phi) is 7.61. The summed E-state index contributed by atoms with van der Waals surface area (Å²) in [4.78, 5) is 12.3. The minimum atomic E-state index is -0.590. The van der Waals surface area contributed by atoms with Gasteiger partial charge in [-0.05, 0) is 42.8 Å². The van der Waals surface area contributed by atoms with E-state index < -0.39 is 6.10 Å². The van der Waals surface area contributed by atoms with E-state index in [-0.39, 0.29) is 5.91 Å². The number of para-hydroxylation sites is 2. The fourth-order valence-corrected chi connectivity index (χ4v) is 2.32. The molecule has 6 heteroatoms. The van der Waals surface area contributed by atoms with Crippen molar-refractivity contribution in [2.24, 2.45) is 0 Å². The van der Waals surface area contributed by atoms with Crippen molar-refractivity contribution in [2.75, 3.05) is 27.4 Å². The summed E-state index contributed by atoms with van der Waals surface area (Å²) in [5.74, 6) is 2.45. The highest BCUT2D eigenvalue weighted by atomic mass is 16.5. The van der Waals surface area contributed by atoms with Crippen LogP contribution < -0.4 is 24.3 Å². The number of rotatable bonds is 10. The smallest absolute Gasteiger partial charge is 0.261 e. The molecule has 1 N–H and O–H groups in total. The summed E-state index contributed by atoms with van der Waals surface area (Å²) in [6, 6.07) is 14.5. The number of carbonyl (C=O) groups excluding carboxylic acids is 1. The number of hydrogen-bond acceptors (Lipinski definition) is 5. The van der Waals surface area contributed by atoms with Crippen molar-refractivity contribution in [3.63, 3.8) is 0 Å². The van der Waals surface area contributed by atoms with Crippen molar-refractivity contribution in [1.29, 1.82) is 0 Å². The van der Waals surface area contributed by atoms with Crippen LogP contribution in [0.1, 0.15) is 13.3 Å². The van der Waals surface area contributed by atoms with Gasteiger partial charge >= 0.3 is 0 Å². The second-order valence-corrected chi connectivity index (χ2v) is 5.48. The Labute approximate surface area is 154 Å². The van der Waals surface area contributed by atoms with Crippen molar-refractivity contribution in [1.82, 2.24) is 5.32 Å². The molecule has 0 spiro atoms. The Morgan fingerprint density at radius 1 is 0.962 bits per heavy atom. The third-order valence-electron chi connectivity index (χ3n) is 3.73. The summed E-state index contributed by atoms with van der Waals surface area (Å²) < 4.78 is 21.7. The van der Waals surface area contributed by atoms with Crippen molar-refractivity contribution in [3.8, 4) is 23.0 Å². The van der Waals surface area contributed by atoms with E-state index in [4.69, 9.17) is 18.9 Å². The van der Waals surface area contributed by atoms with E-state index in [1.165, 1.54) is 0 Å². The average Bonchev–Trinajstić information content (AvgIpc) is 2.69. The van der Waals surface area contributed by atoms with Gasteiger partial charge in [0.15, 0.2) is 17.6 Å². The maximum atomic E-state index is 12.3. The molecule has 0 bridgehead atoms. The maximum absolute atomic E-state index is 12.3. The number of hydrogen-bond donors (Lipinski definition) is 1. The Bertz CT molecular complexity index is 687. The molecule has 0 aromatic heterocycles. The first-order valence-electron chi connectivity index (χ1n) is 8.52. The van der Waals surface area contributed by atoms with Gasteiger partial charge in [0.05, 0.1) is 20.8 Å². The quantitative estimate of drug-likeness (QED) is 0.661. The number of methoxy groups -OCH3 is 2. The third-order valence-corrected chi connectivity index (χ3v) is 3.73. The van der Waals surface area contributed by atoms with Crippen LogP contribution in [0.15, 0.2) is 48.5 Å². The van der Waals surface area contributed by atoms with Crippen LogP contribution in [-0.4, -0.2) is 39.4 Å².